The van der Waals surface area contributed by atoms with Gasteiger partial charge in [-0.1, -0.05) is 23.7 Å². The van der Waals surface area contributed by atoms with Crippen LogP contribution in [0.5, 0.6) is 0 Å². The van der Waals surface area contributed by atoms with Crippen LogP contribution >= 0.6 is 11.6 Å². The lowest BCUT2D eigenvalue weighted by Crippen LogP contribution is -2.45. The van der Waals surface area contributed by atoms with E-state index in [9.17, 15) is 13.6 Å². The van der Waals surface area contributed by atoms with Crippen molar-refractivity contribution in [3.63, 3.8) is 0 Å². The molecule has 204 valence electrons. The highest BCUT2D eigenvalue weighted by Gasteiger charge is 2.46. The molecule has 3 aliphatic rings. The summed E-state index contributed by atoms with van der Waals surface area (Å²) in [6, 6.07) is 9.81. The Kier molecular flexibility index (Phi) is 7.53. The Labute approximate surface area is 229 Å². The summed E-state index contributed by atoms with van der Waals surface area (Å²) in [7, 11) is 0. The number of halogens is 3. The summed E-state index contributed by atoms with van der Waals surface area (Å²) in [6.45, 7) is 10.8. The number of likely N-dealkylation sites (tertiary alicyclic amines) is 2. The van der Waals surface area contributed by atoms with E-state index in [1.54, 1.807) is 6.08 Å². The van der Waals surface area contributed by atoms with Crippen molar-refractivity contribution >= 4 is 17.5 Å². The van der Waals surface area contributed by atoms with Crippen LogP contribution in [-0.4, -0.2) is 63.4 Å². The van der Waals surface area contributed by atoms with E-state index >= 15 is 0 Å². The fraction of sp³-hybridized carbons (Fsp3) is 0.533. The smallest absolute Gasteiger partial charge is 0.227 e. The van der Waals surface area contributed by atoms with Crippen LogP contribution in [0, 0.1) is 18.8 Å². The highest BCUT2D eigenvalue weighted by atomic mass is 35.5. The molecule has 38 heavy (non-hydrogen) atoms. The van der Waals surface area contributed by atoms with Crippen molar-refractivity contribution < 1.29 is 13.6 Å². The molecule has 0 radical (unpaired) electrons. The van der Waals surface area contributed by atoms with Crippen molar-refractivity contribution in [2.24, 2.45) is 11.8 Å². The lowest BCUT2D eigenvalue weighted by molar-refractivity contribution is -0.137. The maximum absolute atomic E-state index is 14.9. The van der Waals surface area contributed by atoms with Crippen LogP contribution in [0.4, 0.5) is 8.78 Å². The predicted molar refractivity (Wildman–Crippen MR) is 147 cm³/mol. The number of piperidine rings is 1. The lowest BCUT2D eigenvalue weighted by Gasteiger charge is -2.35. The van der Waals surface area contributed by atoms with Gasteiger partial charge in [0.05, 0.1) is 17.3 Å². The number of amides is 1. The van der Waals surface area contributed by atoms with Gasteiger partial charge in [-0.3, -0.25) is 9.69 Å². The quantitative estimate of drug-likeness (QED) is 0.448. The first kappa shape index (κ1) is 27.1. The van der Waals surface area contributed by atoms with Gasteiger partial charge in [0.2, 0.25) is 5.91 Å². The molecule has 1 aromatic heterocycles. The number of carbonyl (C=O) groups excluding carboxylic acids is 1. The molecule has 1 amide bonds. The summed E-state index contributed by atoms with van der Waals surface area (Å²) in [5.41, 5.74) is 3.37. The maximum Gasteiger partial charge on any atom is 0.227 e. The number of aromatic nitrogens is 2. The minimum atomic E-state index is -1.30. The van der Waals surface area contributed by atoms with Gasteiger partial charge in [-0.15, -0.1) is 0 Å². The lowest BCUT2D eigenvalue weighted by atomic mass is 9.83. The third-order valence-electron chi connectivity index (χ3n) is 8.29. The number of rotatable bonds is 4. The molecular formula is C30H37ClF2N4O. The topological polar surface area (TPSA) is 41.4 Å². The van der Waals surface area contributed by atoms with Gasteiger partial charge in [-0.05, 0) is 76.5 Å². The second-order valence-electron chi connectivity index (χ2n) is 11.9. The Bertz CT molecular complexity index is 1260. The average Bonchev–Trinajstić information content (AvgIpc) is 3.48. The first-order valence-electron chi connectivity index (χ1n) is 13.6. The predicted octanol–water partition coefficient (Wildman–Crippen LogP) is 6.41. The molecule has 0 spiro atoms. The third kappa shape index (κ3) is 5.46. The van der Waals surface area contributed by atoms with Crippen LogP contribution in [0.15, 0.2) is 53.9 Å². The van der Waals surface area contributed by atoms with Crippen LogP contribution in [0.1, 0.15) is 57.3 Å². The molecule has 1 aromatic carbocycles. The molecule has 0 bridgehead atoms. The number of allylic oxidation sites excluding steroid dienone is 3. The van der Waals surface area contributed by atoms with E-state index in [4.69, 9.17) is 16.7 Å². The number of hydrogen-bond donors (Lipinski definition) is 0. The van der Waals surface area contributed by atoms with E-state index < -0.39 is 12.0 Å². The number of nitrogens with zero attached hydrogens (tertiary/aromatic N) is 4. The molecule has 2 aliphatic heterocycles. The second-order valence-corrected chi connectivity index (χ2v) is 12.4. The number of carbonyl (C=O) groups is 1. The summed E-state index contributed by atoms with van der Waals surface area (Å²) in [6.07, 6.45) is 3.27. The molecule has 0 saturated carbocycles. The summed E-state index contributed by atoms with van der Waals surface area (Å²) in [4.78, 5) is 18.1. The Hall–Kier alpha value is -2.51. The zero-order chi connectivity index (χ0) is 27.2. The van der Waals surface area contributed by atoms with E-state index in [0.717, 1.165) is 36.0 Å². The van der Waals surface area contributed by atoms with E-state index in [1.165, 1.54) is 0 Å². The van der Waals surface area contributed by atoms with E-state index in [0.29, 0.717) is 36.8 Å². The van der Waals surface area contributed by atoms with Gasteiger partial charge in [0.25, 0.3) is 0 Å². The fourth-order valence-corrected chi connectivity index (χ4v) is 6.35. The van der Waals surface area contributed by atoms with Crippen molar-refractivity contribution in [1.82, 2.24) is 19.6 Å². The Balaban J connectivity index is 1.32. The molecule has 1 aliphatic carbocycles. The normalized spacial score (nSPS) is 25.4. The Morgan fingerprint density at radius 1 is 1.13 bits per heavy atom. The number of benzene rings is 1. The Morgan fingerprint density at radius 2 is 1.87 bits per heavy atom. The summed E-state index contributed by atoms with van der Waals surface area (Å²) < 4.78 is 30.6. The highest BCUT2D eigenvalue weighted by Crippen LogP contribution is 2.41. The maximum atomic E-state index is 14.9. The average molecular weight is 543 g/mol. The molecule has 3 atom stereocenters. The minimum Gasteiger partial charge on any atom is -0.342 e. The molecule has 5 nitrogen and oxygen atoms in total. The molecule has 8 heteroatoms. The van der Waals surface area contributed by atoms with Crippen LogP contribution in [-0.2, 0) is 4.79 Å². The van der Waals surface area contributed by atoms with Crippen molar-refractivity contribution in [3.8, 4) is 5.69 Å². The Morgan fingerprint density at radius 3 is 2.53 bits per heavy atom. The second kappa shape index (κ2) is 10.6. The van der Waals surface area contributed by atoms with Crippen LogP contribution in [0.25, 0.3) is 5.69 Å². The molecule has 2 fully saturated rings. The van der Waals surface area contributed by atoms with Crippen molar-refractivity contribution in [2.45, 2.75) is 64.6 Å². The molecule has 0 N–H and O–H groups in total. The molecule has 2 saturated heterocycles. The summed E-state index contributed by atoms with van der Waals surface area (Å²) in [5, 5.41) is 5.38. The third-order valence-corrected chi connectivity index (χ3v) is 8.52. The SMILES string of the molecule is Cc1cc(C2CCN(C(=O)C3CN(C(C)(C)C)CC3C3=CCC(F)C=C3F)CC2)n(-c2cccc(Cl)c2)n1. The minimum absolute atomic E-state index is 0.0794. The standard InChI is InChI=1S/C30H37ClF2N4O/c1-19-14-28(37(34-19)23-7-5-6-21(31)15-23)20-10-12-35(13-11-20)29(38)26-18-36(30(2,3)4)17-25(26)24-9-8-22(32)16-27(24)33/h5-7,9,14-16,20,22,25-26H,8,10-13,17-18H2,1-4H3. The van der Waals surface area contributed by atoms with Crippen LogP contribution in [0.3, 0.4) is 0 Å². The van der Waals surface area contributed by atoms with E-state index in [2.05, 4.69) is 31.7 Å². The van der Waals surface area contributed by atoms with E-state index in [1.807, 2.05) is 40.8 Å². The molecule has 3 heterocycles. The van der Waals surface area contributed by atoms with Gasteiger partial charge in [-0.25, -0.2) is 13.5 Å². The van der Waals surface area contributed by atoms with E-state index in [-0.39, 0.29) is 35.6 Å². The van der Waals surface area contributed by atoms with Gasteiger partial charge in [0, 0.05) is 60.7 Å². The van der Waals surface area contributed by atoms with Gasteiger partial charge in [-0.2, -0.15) is 5.10 Å². The van der Waals surface area contributed by atoms with Gasteiger partial charge < -0.3 is 4.90 Å². The van der Waals surface area contributed by atoms with Crippen molar-refractivity contribution in [3.05, 3.63) is 70.3 Å². The number of alkyl halides is 1. The van der Waals surface area contributed by atoms with Crippen LogP contribution < -0.4 is 0 Å². The molecular weight excluding hydrogens is 506 g/mol. The molecule has 3 unspecified atom stereocenters. The number of aryl methyl sites for hydroxylation is 1. The highest BCUT2D eigenvalue weighted by molar-refractivity contribution is 6.30. The van der Waals surface area contributed by atoms with Crippen molar-refractivity contribution in [2.75, 3.05) is 26.2 Å². The van der Waals surface area contributed by atoms with Gasteiger partial charge >= 0.3 is 0 Å². The summed E-state index contributed by atoms with van der Waals surface area (Å²) >= 11 is 6.24. The zero-order valence-electron chi connectivity index (χ0n) is 22.6. The number of hydrogen-bond acceptors (Lipinski definition) is 3. The first-order chi connectivity index (χ1) is 18.0. The van der Waals surface area contributed by atoms with Gasteiger partial charge in [0.1, 0.15) is 12.0 Å². The van der Waals surface area contributed by atoms with Crippen LogP contribution in [0.2, 0.25) is 5.02 Å². The molecule has 5 rings (SSSR count). The van der Waals surface area contributed by atoms with Gasteiger partial charge in [0.15, 0.2) is 0 Å². The fourth-order valence-electron chi connectivity index (χ4n) is 6.16. The molecule has 2 aromatic rings. The monoisotopic (exact) mass is 542 g/mol. The summed E-state index contributed by atoms with van der Waals surface area (Å²) in [5.74, 6) is -0.768. The largest absolute Gasteiger partial charge is 0.342 e. The van der Waals surface area contributed by atoms with Crippen molar-refractivity contribution in [1.29, 1.82) is 0 Å². The first-order valence-corrected chi connectivity index (χ1v) is 14.0. The zero-order valence-corrected chi connectivity index (χ0v) is 23.4.